The van der Waals surface area contributed by atoms with Crippen LogP contribution in [0.3, 0.4) is 0 Å². The summed E-state index contributed by atoms with van der Waals surface area (Å²) in [7, 11) is 0. The van der Waals surface area contributed by atoms with Crippen LogP contribution in [0.2, 0.25) is 0 Å². The smallest absolute Gasteiger partial charge is 0.242 e. The maximum atomic E-state index is 6.42. The van der Waals surface area contributed by atoms with Crippen LogP contribution in [0.4, 0.5) is 0 Å². The van der Waals surface area contributed by atoms with Crippen LogP contribution in [-0.2, 0) is 6.42 Å². The van der Waals surface area contributed by atoms with Crippen LogP contribution in [0.15, 0.2) is 48.2 Å². The molecule has 25 heavy (non-hydrogen) atoms. The van der Waals surface area contributed by atoms with Gasteiger partial charge in [0, 0.05) is 29.8 Å². The van der Waals surface area contributed by atoms with Gasteiger partial charge in [0.2, 0.25) is 5.88 Å². The maximum Gasteiger partial charge on any atom is 0.242 e. The molecule has 0 radical (unpaired) electrons. The molecular weight excluding hydrogens is 332 g/mol. The fourth-order valence-corrected chi connectivity index (χ4v) is 4.03. The van der Waals surface area contributed by atoms with Gasteiger partial charge in [-0.15, -0.1) is 0 Å². The molecule has 0 fully saturated rings. The van der Waals surface area contributed by atoms with Crippen LogP contribution in [0, 0.1) is 6.92 Å². The molecular formula is C19H16N4OS. The summed E-state index contributed by atoms with van der Waals surface area (Å²) < 4.78 is 7.84. The molecule has 124 valence electrons. The van der Waals surface area contributed by atoms with Crippen LogP contribution in [0.25, 0.3) is 17.2 Å². The summed E-state index contributed by atoms with van der Waals surface area (Å²) in [5.74, 6) is 2.03. The molecule has 0 saturated carbocycles. The number of fused-ring (bicyclic) bond motifs is 4. The van der Waals surface area contributed by atoms with Gasteiger partial charge in [-0.1, -0.05) is 30.3 Å². The van der Waals surface area contributed by atoms with Crippen molar-refractivity contribution in [1.82, 2.24) is 14.5 Å². The summed E-state index contributed by atoms with van der Waals surface area (Å²) in [6, 6.07) is 12.1. The van der Waals surface area contributed by atoms with Crippen LogP contribution in [0.1, 0.15) is 22.9 Å². The Morgan fingerprint density at radius 2 is 2.08 bits per heavy atom. The fourth-order valence-electron chi connectivity index (χ4n) is 3.70. The van der Waals surface area contributed by atoms with Crippen LogP contribution in [0.5, 0.6) is 5.88 Å². The second-order valence-electron chi connectivity index (χ2n) is 6.43. The Kier molecular flexibility index (Phi) is 2.93. The first kappa shape index (κ1) is 14.5. The van der Waals surface area contributed by atoms with Crippen molar-refractivity contribution in [2.75, 3.05) is 0 Å². The Bertz CT molecular complexity index is 1040. The number of thiocarbonyl (C=S) groups is 1. The molecule has 5 nitrogen and oxygen atoms in total. The number of benzene rings is 1. The van der Waals surface area contributed by atoms with Gasteiger partial charge in [0.15, 0.2) is 5.05 Å². The normalized spacial score (nSPS) is 18.4. The molecule has 1 atom stereocenters. The molecule has 2 aromatic heterocycles. The molecule has 0 amide bonds. The van der Waals surface area contributed by atoms with E-state index in [0.717, 1.165) is 29.1 Å². The monoisotopic (exact) mass is 348 g/mol. The van der Waals surface area contributed by atoms with E-state index in [-0.39, 0.29) is 5.92 Å². The van der Waals surface area contributed by atoms with Gasteiger partial charge in [0.1, 0.15) is 11.6 Å². The van der Waals surface area contributed by atoms with E-state index in [4.69, 9.17) is 22.7 Å². The van der Waals surface area contributed by atoms with E-state index in [1.165, 1.54) is 11.3 Å². The summed E-state index contributed by atoms with van der Waals surface area (Å²) in [4.78, 5) is 8.06. The van der Waals surface area contributed by atoms with E-state index in [2.05, 4.69) is 23.0 Å². The highest BCUT2D eigenvalue weighted by Crippen LogP contribution is 2.44. The molecule has 0 spiro atoms. The van der Waals surface area contributed by atoms with Crippen molar-refractivity contribution < 1.29 is 4.74 Å². The lowest BCUT2D eigenvalue weighted by Gasteiger charge is -2.31. The zero-order valence-corrected chi connectivity index (χ0v) is 14.4. The molecule has 1 aromatic carbocycles. The van der Waals surface area contributed by atoms with E-state index in [0.29, 0.717) is 16.8 Å². The average molecular weight is 348 g/mol. The van der Waals surface area contributed by atoms with Gasteiger partial charge in [-0.25, -0.2) is 0 Å². The molecule has 1 unspecified atom stereocenters. The zero-order chi connectivity index (χ0) is 17.1. The highest BCUT2D eigenvalue weighted by molar-refractivity contribution is 7.80. The number of imidazole rings is 1. The van der Waals surface area contributed by atoms with Gasteiger partial charge in [-0.3, -0.25) is 0 Å². The topological polar surface area (TPSA) is 68.9 Å². The maximum absolute atomic E-state index is 6.42. The predicted octanol–water partition coefficient (Wildman–Crippen LogP) is 3.37. The van der Waals surface area contributed by atoms with Gasteiger partial charge in [-0.05, 0) is 30.8 Å². The third-order valence-corrected chi connectivity index (χ3v) is 5.31. The first-order valence-corrected chi connectivity index (χ1v) is 8.58. The van der Waals surface area contributed by atoms with E-state index in [9.17, 15) is 0 Å². The van der Waals surface area contributed by atoms with Gasteiger partial charge in [-0.2, -0.15) is 4.98 Å². The van der Waals surface area contributed by atoms with Crippen molar-refractivity contribution in [3.05, 3.63) is 65.1 Å². The molecule has 0 aliphatic carbocycles. The largest absolute Gasteiger partial charge is 0.425 e. The van der Waals surface area contributed by atoms with E-state index in [1.807, 2.05) is 41.1 Å². The van der Waals surface area contributed by atoms with E-state index < -0.39 is 0 Å². The standard InChI is InChI=1S/C19H16N4OS/c1-10-7-8-23-13(10)9-12-14(16(23)20)19(25)24-18-15(12)21-17(22-18)11-5-3-2-4-6-11/h2-8,12H,9,20H2,1H3,(H,21,22). The number of ether oxygens (including phenoxy) is 1. The summed E-state index contributed by atoms with van der Waals surface area (Å²) in [6.45, 7) is 2.10. The van der Waals surface area contributed by atoms with Crippen molar-refractivity contribution >= 4 is 23.1 Å². The fraction of sp³-hybridized carbons (Fsp3) is 0.158. The van der Waals surface area contributed by atoms with Crippen molar-refractivity contribution in [2.45, 2.75) is 19.3 Å². The van der Waals surface area contributed by atoms with Crippen molar-refractivity contribution in [1.29, 1.82) is 0 Å². The molecule has 2 aliphatic heterocycles. The van der Waals surface area contributed by atoms with Gasteiger partial charge < -0.3 is 20.0 Å². The van der Waals surface area contributed by atoms with Crippen molar-refractivity contribution in [3.8, 4) is 17.3 Å². The molecule has 3 N–H and O–H groups in total. The molecule has 5 rings (SSSR count). The lowest BCUT2D eigenvalue weighted by atomic mass is 9.86. The van der Waals surface area contributed by atoms with Gasteiger partial charge in [0.25, 0.3) is 0 Å². The number of hydrogen-bond donors (Lipinski definition) is 2. The van der Waals surface area contributed by atoms with Crippen LogP contribution < -0.4 is 10.5 Å². The summed E-state index contributed by atoms with van der Waals surface area (Å²) >= 11 is 5.49. The minimum atomic E-state index is 0.0438. The number of aryl methyl sites for hydroxylation is 1. The average Bonchev–Trinajstić information content (AvgIpc) is 3.20. The number of nitrogens with one attached hydrogen (secondary N) is 1. The third kappa shape index (κ3) is 2.01. The molecule has 2 aliphatic rings. The van der Waals surface area contributed by atoms with Crippen LogP contribution in [-0.4, -0.2) is 19.6 Å². The van der Waals surface area contributed by atoms with Gasteiger partial charge in [0.05, 0.1) is 11.3 Å². The Morgan fingerprint density at radius 1 is 1.28 bits per heavy atom. The molecule has 4 heterocycles. The molecule has 6 heteroatoms. The number of aromatic amines is 1. The highest BCUT2D eigenvalue weighted by atomic mass is 32.1. The minimum Gasteiger partial charge on any atom is -0.425 e. The summed E-state index contributed by atoms with van der Waals surface area (Å²) in [6.07, 6.45) is 2.81. The summed E-state index contributed by atoms with van der Waals surface area (Å²) in [5, 5.41) is 0.415. The van der Waals surface area contributed by atoms with E-state index in [1.54, 1.807) is 0 Å². The number of nitrogens with zero attached hydrogens (tertiary/aromatic N) is 2. The number of H-pyrrole nitrogens is 1. The van der Waals surface area contributed by atoms with Crippen molar-refractivity contribution in [3.63, 3.8) is 0 Å². The number of nitrogens with two attached hydrogens (primary N) is 1. The second kappa shape index (κ2) is 5.07. The number of rotatable bonds is 1. The molecule has 0 bridgehead atoms. The Labute approximate surface area is 150 Å². The Morgan fingerprint density at radius 3 is 2.88 bits per heavy atom. The Balaban J connectivity index is 1.68. The molecule has 3 aromatic rings. The first-order valence-electron chi connectivity index (χ1n) is 8.18. The second-order valence-corrected chi connectivity index (χ2v) is 6.80. The quantitative estimate of drug-likeness (QED) is 0.662. The lowest BCUT2D eigenvalue weighted by molar-refractivity contribution is 0.496. The third-order valence-electron chi connectivity index (χ3n) is 5.00. The highest BCUT2D eigenvalue weighted by Gasteiger charge is 2.39. The Hall–Kier alpha value is -2.86. The first-order chi connectivity index (χ1) is 12.1. The lowest BCUT2D eigenvalue weighted by Crippen LogP contribution is -2.32. The van der Waals surface area contributed by atoms with Crippen molar-refractivity contribution in [2.24, 2.45) is 5.73 Å². The number of hydrogen-bond acceptors (Lipinski definition) is 4. The van der Waals surface area contributed by atoms with Gasteiger partial charge >= 0.3 is 0 Å². The van der Waals surface area contributed by atoms with Crippen LogP contribution >= 0.6 is 12.2 Å². The summed E-state index contributed by atoms with van der Waals surface area (Å²) in [5.41, 5.74) is 11.7. The predicted molar refractivity (Wildman–Crippen MR) is 100 cm³/mol. The SMILES string of the molecule is Cc1ccn2c1CC1C(=C2N)C(=S)Oc2nc(-c3ccccc3)[nH]c21. The molecule has 0 saturated heterocycles. The number of aromatic nitrogens is 3. The van der Waals surface area contributed by atoms with E-state index >= 15 is 0 Å². The minimum absolute atomic E-state index is 0.0438. The zero-order valence-electron chi connectivity index (χ0n) is 13.6.